The van der Waals surface area contributed by atoms with Crippen LogP contribution in [0.25, 0.3) is 0 Å². The van der Waals surface area contributed by atoms with E-state index in [9.17, 15) is 0 Å². The summed E-state index contributed by atoms with van der Waals surface area (Å²) in [6, 6.07) is 0. The fraction of sp³-hybridized carbons (Fsp3) is 0. The maximum Gasteiger partial charge on any atom is 3.00 e. The SMILES string of the molecule is [Cs+].[O-2].[O-2].[Pr+3]. The Balaban J connectivity index is 0. The van der Waals surface area contributed by atoms with Crippen LogP contribution in [0, 0.1) is 41.3 Å². The first kappa shape index (κ1) is 26.5. The van der Waals surface area contributed by atoms with Gasteiger partial charge in [0.15, 0.2) is 0 Å². The van der Waals surface area contributed by atoms with Gasteiger partial charge in [-0.2, -0.15) is 0 Å². The van der Waals surface area contributed by atoms with Gasteiger partial charge in [0.2, 0.25) is 0 Å². The normalized spacial score (nSPS) is 0. The molecule has 4 heteroatoms. The zero-order valence-electron chi connectivity index (χ0n) is 2.39. The molecule has 0 rings (SSSR count). The third kappa shape index (κ3) is 9.01. The van der Waals surface area contributed by atoms with Crippen LogP contribution in [0.1, 0.15) is 0 Å². The second-order valence-electron chi connectivity index (χ2n) is 0. The Bertz CT molecular complexity index is 6.00. The maximum atomic E-state index is 0. The fourth-order valence-corrected chi connectivity index (χ4v) is 0. The molecule has 0 aliphatic rings. The summed E-state index contributed by atoms with van der Waals surface area (Å²) < 4.78 is 0. The van der Waals surface area contributed by atoms with Gasteiger partial charge in [-0.15, -0.1) is 0 Å². The predicted molar refractivity (Wildman–Crippen MR) is 1.37 cm³/mol. The minimum Gasteiger partial charge on any atom is -2.00 e. The van der Waals surface area contributed by atoms with Gasteiger partial charge in [0, 0.05) is 0 Å². The molecule has 0 fully saturated rings. The standard InChI is InChI=1S/Cs.2O.Pr/q+1;2*-2;+3. The molecule has 2 nitrogen and oxygen atoms in total. The van der Waals surface area contributed by atoms with Gasteiger partial charge in [0.1, 0.15) is 0 Å². The molecule has 0 saturated heterocycles. The van der Waals surface area contributed by atoms with Crippen molar-refractivity contribution in [1.82, 2.24) is 0 Å². The first-order valence-corrected chi connectivity index (χ1v) is 0. The number of hydrogen-bond donors (Lipinski definition) is 0. The van der Waals surface area contributed by atoms with Crippen LogP contribution in [0.15, 0.2) is 0 Å². The minimum absolute atomic E-state index is 0. The van der Waals surface area contributed by atoms with Crippen LogP contribution in [0.3, 0.4) is 0 Å². The van der Waals surface area contributed by atoms with Crippen LogP contribution in [0.5, 0.6) is 0 Å². The third-order valence-electron chi connectivity index (χ3n) is 0. The van der Waals surface area contributed by atoms with Gasteiger partial charge < -0.3 is 11.0 Å². The van der Waals surface area contributed by atoms with Crippen LogP contribution in [-0.2, 0) is 11.0 Å². The van der Waals surface area contributed by atoms with Gasteiger partial charge in [-0.3, -0.25) is 0 Å². The molecule has 0 aromatic heterocycles. The summed E-state index contributed by atoms with van der Waals surface area (Å²) in [4.78, 5) is 0. The molecule has 0 amide bonds. The Kier molecular flexibility index (Phi) is 107. The zero-order chi connectivity index (χ0) is 0. The maximum absolute atomic E-state index is 0. The summed E-state index contributed by atoms with van der Waals surface area (Å²) in [5, 5.41) is 0. The van der Waals surface area contributed by atoms with Crippen molar-refractivity contribution in [3.05, 3.63) is 0 Å². The molecule has 0 aliphatic carbocycles. The van der Waals surface area contributed by atoms with Gasteiger partial charge in [0.25, 0.3) is 0 Å². The Morgan fingerprint density at radius 2 is 0.750 bits per heavy atom. The number of rotatable bonds is 0. The van der Waals surface area contributed by atoms with E-state index in [1.54, 1.807) is 0 Å². The summed E-state index contributed by atoms with van der Waals surface area (Å²) in [5.74, 6) is 0. The van der Waals surface area contributed by atoms with E-state index >= 15 is 0 Å². The largest absolute Gasteiger partial charge is 3.00 e. The van der Waals surface area contributed by atoms with Gasteiger partial charge in [-0.25, -0.2) is 0 Å². The summed E-state index contributed by atoms with van der Waals surface area (Å²) in [6.07, 6.45) is 0. The smallest absolute Gasteiger partial charge is 2.00 e. The van der Waals surface area contributed by atoms with Crippen molar-refractivity contribution in [2.24, 2.45) is 0 Å². The Labute approximate surface area is 117 Å². The average molecular weight is 306 g/mol. The van der Waals surface area contributed by atoms with Crippen molar-refractivity contribution in [3.63, 3.8) is 0 Å². The summed E-state index contributed by atoms with van der Waals surface area (Å²) >= 11 is 0. The van der Waals surface area contributed by atoms with Gasteiger partial charge in [-0.05, 0) is 0 Å². The molecule has 0 heterocycles. The van der Waals surface area contributed by atoms with Crippen LogP contribution >= 0.6 is 0 Å². The number of hydrogen-bond acceptors (Lipinski definition) is 0. The van der Waals surface area contributed by atoms with Crippen molar-refractivity contribution >= 4 is 0 Å². The minimum atomic E-state index is 0. The average Bonchev–Trinajstić information content (AvgIpc) is 0. The van der Waals surface area contributed by atoms with Gasteiger partial charge in [-0.1, -0.05) is 0 Å². The molecule has 0 saturated carbocycles. The van der Waals surface area contributed by atoms with E-state index in [-0.39, 0.29) is 121 Å². The topological polar surface area (TPSA) is 57.0 Å². The molecule has 4 heavy (non-hydrogen) atoms. The molecule has 0 bridgehead atoms. The Hall–Kier alpha value is 3.34. The molecule has 0 atom stereocenters. The molecule has 0 spiro atoms. The van der Waals surface area contributed by atoms with E-state index < -0.39 is 0 Å². The molecule has 0 N–H and O–H groups in total. The monoisotopic (exact) mass is 306 g/mol. The van der Waals surface area contributed by atoms with E-state index in [0.717, 1.165) is 0 Å². The molecule has 0 aromatic rings. The molecule has 0 radical (unpaired) electrons. The van der Waals surface area contributed by atoms with E-state index in [1.807, 2.05) is 0 Å². The zero-order valence-corrected chi connectivity index (χ0v) is 12.4. The van der Waals surface area contributed by atoms with Crippen molar-refractivity contribution in [3.8, 4) is 0 Å². The summed E-state index contributed by atoms with van der Waals surface area (Å²) in [7, 11) is 0. The van der Waals surface area contributed by atoms with Crippen LogP contribution in [0.4, 0.5) is 0 Å². The third-order valence-corrected chi connectivity index (χ3v) is 0. The molecule has 0 aromatic carbocycles. The van der Waals surface area contributed by atoms with E-state index in [0.29, 0.717) is 0 Å². The van der Waals surface area contributed by atoms with Crippen molar-refractivity contribution in [2.75, 3.05) is 0 Å². The second-order valence-corrected chi connectivity index (χ2v) is 0. The van der Waals surface area contributed by atoms with Crippen molar-refractivity contribution in [2.45, 2.75) is 0 Å². The molecular weight excluding hydrogens is 306 g/mol. The van der Waals surface area contributed by atoms with Crippen LogP contribution in [0.2, 0.25) is 0 Å². The van der Waals surface area contributed by atoms with Crippen molar-refractivity contribution in [1.29, 1.82) is 0 Å². The first-order valence-electron chi connectivity index (χ1n) is 0. The van der Waals surface area contributed by atoms with E-state index in [1.165, 1.54) is 0 Å². The molecule has 16 valence electrons. The second kappa shape index (κ2) is 16.2. The Morgan fingerprint density at radius 1 is 0.750 bits per heavy atom. The van der Waals surface area contributed by atoms with E-state index in [2.05, 4.69) is 0 Å². The van der Waals surface area contributed by atoms with Gasteiger partial charge >= 0.3 is 110 Å². The first-order chi connectivity index (χ1) is 0. The Morgan fingerprint density at radius 3 is 0.750 bits per heavy atom. The molecular formula is CsO2Pr. The van der Waals surface area contributed by atoms with Crippen molar-refractivity contribution < 1.29 is 121 Å². The molecule has 0 aliphatic heterocycles. The predicted octanol–water partition coefficient (Wildman–Crippen LogP) is -3.23. The summed E-state index contributed by atoms with van der Waals surface area (Å²) in [6.45, 7) is 0. The van der Waals surface area contributed by atoms with E-state index in [4.69, 9.17) is 0 Å². The van der Waals surface area contributed by atoms with Gasteiger partial charge in [0.05, 0.1) is 0 Å². The summed E-state index contributed by atoms with van der Waals surface area (Å²) in [5.41, 5.74) is 0. The fourth-order valence-electron chi connectivity index (χ4n) is 0. The van der Waals surface area contributed by atoms with Crippen LogP contribution in [-0.4, -0.2) is 0 Å². The molecule has 0 unspecified atom stereocenters. The quantitative estimate of drug-likeness (QED) is 0.452. The van der Waals surface area contributed by atoms with Crippen LogP contribution < -0.4 is 68.9 Å².